The standard InChI is InChI=1S/C13H6BrF6N3O/c14-10(5-24)4-23-6-21-11(22-23)7-1-8(12(15,16)17)3-9(2-7)13(18,19)20/h1-6H. The van der Waals surface area contributed by atoms with Crippen molar-refractivity contribution in [2.45, 2.75) is 12.4 Å². The molecule has 0 aliphatic rings. The molecule has 0 saturated carbocycles. The van der Waals surface area contributed by atoms with Crippen molar-refractivity contribution in [3.05, 3.63) is 40.1 Å². The van der Waals surface area contributed by atoms with Gasteiger partial charge in [-0.25, -0.2) is 9.67 Å². The summed E-state index contributed by atoms with van der Waals surface area (Å²) in [6, 6.07) is 1.06. The zero-order chi connectivity index (χ0) is 18.1. The number of hydrogen-bond donors (Lipinski definition) is 0. The van der Waals surface area contributed by atoms with Crippen molar-refractivity contribution in [1.29, 1.82) is 0 Å². The molecule has 1 aromatic carbocycles. The Bertz CT molecular complexity index is 761. The van der Waals surface area contributed by atoms with Gasteiger partial charge in [-0.3, -0.25) is 4.79 Å². The summed E-state index contributed by atoms with van der Waals surface area (Å²) in [7, 11) is 0. The number of aromatic nitrogens is 3. The molecule has 0 atom stereocenters. The highest BCUT2D eigenvalue weighted by Crippen LogP contribution is 2.38. The maximum absolute atomic E-state index is 12.8. The van der Waals surface area contributed by atoms with E-state index in [0.29, 0.717) is 18.4 Å². The maximum atomic E-state index is 12.8. The van der Waals surface area contributed by atoms with Crippen LogP contribution in [-0.2, 0) is 17.1 Å². The minimum absolute atomic E-state index is 0.0172. The number of carbonyl (C=O) groups excluding carboxylic acids is 1. The first-order valence-electron chi connectivity index (χ1n) is 6.04. The average Bonchev–Trinajstić information content (AvgIpc) is 2.93. The lowest BCUT2D eigenvalue weighted by molar-refractivity contribution is -0.143. The van der Waals surface area contributed by atoms with E-state index in [0.717, 1.165) is 17.2 Å². The second-order valence-corrected chi connectivity index (χ2v) is 5.39. The van der Waals surface area contributed by atoms with E-state index in [9.17, 15) is 31.1 Å². The summed E-state index contributed by atoms with van der Waals surface area (Å²) in [5, 5.41) is 3.72. The van der Waals surface area contributed by atoms with Crippen molar-refractivity contribution in [1.82, 2.24) is 14.8 Å². The zero-order valence-corrected chi connectivity index (χ0v) is 12.9. The monoisotopic (exact) mass is 413 g/mol. The van der Waals surface area contributed by atoms with Gasteiger partial charge in [-0.1, -0.05) is 0 Å². The summed E-state index contributed by atoms with van der Waals surface area (Å²) >= 11 is 2.86. The first-order valence-corrected chi connectivity index (χ1v) is 6.83. The molecular formula is C13H6BrF6N3O. The molecule has 0 unspecified atom stereocenters. The van der Waals surface area contributed by atoms with Crippen LogP contribution in [0.15, 0.2) is 29.0 Å². The summed E-state index contributed by atoms with van der Waals surface area (Å²) in [5.74, 6) is -0.353. The van der Waals surface area contributed by atoms with Crippen LogP contribution in [0.5, 0.6) is 0 Å². The van der Waals surface area contributed by atoms with Crippen LogP contribution < -0.4 is 0 Å². The molecule has 11 heteroatoms. The van der Waals surface area contributed by atoms with E-state index in [1.54, 1.807) is 0 Å². The number of hydrogen-bond acceptors (Lipinski definition) is 3. The van der Waals surface area contributed by atoms with Crippen LogP contribution in [0, 0.1) is 0 Å². The van der Waals surface area contributed by atoms with Crippen LogP contribution in [0.25, 0.3) is 17.6 Å². The Kier molecular flexibility index (Phi) is 4.83. The molecule has 1 aromatic heterocycles. The van der Waals surface area contributed by atoms with E-state index in [1.807, 2.05) is 0 Å². The molecule has 0 aliphatic heterocycles. The number of rotatable bonds is 3. The van der Waals surface area contributed by atoms with Crippen LogP contribution in [-0.4, -0.2) is 21.1 Å². The number of nitrogens with zero attached hydrogens (tertiary/aromatic N) is 3. The molecule has 128 valence electrons. The predicted molar refractivity (Wildman–Crippen MR) is 74.7 cm³/mol. The Morgan fingerprint density at radius 1 is 1.04 bits per heavy atom. The van der Waals surface area contributed by atoms with Gasteiger partial charge in [-0.15, -0.1) is 5.10 Å². The third-order valence-corrected chi connectivity index (χ3v) is 3.11. The molecule has 0 bridgehead atoms. The second kappa shape index (κ2) is 6.38. The van der Waals surface area contributed by atoms with Gasteiger partial charge in [0.2, 0.25) is 0 Å². The fourth-order valence-electron chi connectivity index (χ4n) is 1.71. The SMILES string of the molecule is O=CC(Br)=Cn1cnc(-c2cc(C(F)(F)F)cc(C(F)(F)F)c2)n1. The van der Waals surface area contributed by atoms with Gasteiger partial charge in [0.25, 0.3) is 0 Å². The fraction of sp³-hybridized carbons (Fsp3) is 0.154. The lowest BCUT2D eigenvalue weighted by Crippen LogP contribution is -2.11. The van der Waals surface area contributed by atoms with Crippen LogP contribution in [0.2, 0.25) is 0 Å². The molecule has 0 fully saturated rings. The average molecular weight is 414 g/mol. The van der Waals surface area contributed by atoms with Crippen molar-refractivity contribution in [2.24, 2.45) is 0 Å². The molecule has 0 amide bonds. The maximum Gasteiger partial charge on any atom is 0.416 e. The summed E-state index contributed by atoms with van der Waals surface area (Å²) in [4.78, 5) is 14.1. The van der Waals surface area contributed by atoms with Gasteiger partial charge in [-0.05, 0) is 34.1 Å². The van der Waals surface area contributed by atoms with Gasteiger partial charge >= 0.3 is 12.4 Å². The van der Waals surface area contributed by atoms with Crippen LogP contribution in [0.3, 0.4) is 0 Å². The quantitative estimate of drug-likeness (QED) is 0.426. The minimum Gasteiger partial charge on any atom is -0.297 e. The van der Waals surface area contributed by atoms with Crippen molar-refractivity contribution < 1.29 is 31.1 Å². The smallest absolute Gasteiger partial charge is 0.297 e. The number of benzene rings is 1. The Hall–Kier alpha value is -2.17. The Labute approximate surface area is 138 Å². The Balaban J connectivity index is 2.56. The first kappa shape index (κ1) is 18.2. The summed E-state index contributed by atoms with van der Waals surface area (Å²) in [6.45, 7) is 0. The van der Waals surface area contributed by atoms with Gasteiger partial charge in [0, 0.05) is 11.8 Å². The van der Waals surface area contributed by atoms with Gasteiger partial charge in [0.05, 0.1) is 15.6 Å². The van der Waals surface area contributed by atoms with Crippen molar-refractivity contribution in [3.8, 4) is 11.4 Å². The molecule has 24 heavy (non-hydrogen) atoms. The molecule has 0 radical (unpaired) electrons. The highest BCUT2D eigenvalue weighted by Gasteiger charge is 2.37. The molecule has 2 aromatic rings. The topological polar surface area (TPSA) is 47.8 Å². The number of allylic oxidation sites excluding steroid dienone is 1. The third-order valence-electron chi connectivity index (χ3n) is 2.72. The van der Waals surface area contributed by atoms with E-state index in [2.05, 4.69) is 26.0 Å². The number of halogens is 7. The van der Waals surface area contributed by atoms with E-state index >= 15 is 0 Å². The Morgan fingerprint density at radius 3 is 2.04 bits per heavy atom. The highest BCUT2D eigenvalue weighted by atomic mass is 79.9. The molecule has 4 nitrogen and oxygen atoms in total. The number of alkyl halides is 6. The van der Waals surface area contributed by atoms with Crippen LogP contribution in [0.1, 0.15) is 11.1 Å². The van der Waals surface area contributed by atoms with E-state index in [-0.39, 0.29) is 16.4 Å². The molecule has 1 heterocycles. The van der Waals surface area contributed by atoms with Gasteiger partial charge in [0.15, 0.2) is 12.1 Å². The normalized spacial score (nSPS) is 13.2. The third kappa shape index (κ3) is 4.22. The van der Waals surface area contributed by atoms with Gasteiger partial charge < -0.3 is 0 Å². The molecular weight excluding hydrogens is 408 g/mol. The lowest BCUT2D eigenvalue weighted by atomic mass is 10.0. The summed E-state index contributed by atoms with van der Waals surface area (Å²) in [5.41, 5.74) is -3.38. The summed E-state index contributed by atoms with van der Waals surface area (Å²) in [6.07, 6.45) is -7.32. The first-order chi connectivity index (χ1) is 11.0. The van der Waals surface area contributed by atoms with Crippen molar-refractivity contribution >= 4 is 28.4 Å². The largest absolute Gasteiger partial charge is 0.416 e. The molecule has 2 rings (SSSR count). The Morgan fingerprint density at radius 2 is 1.58 bits per heavy atom. The van der Waals surface area contributed by atoms with Gasteiger partial charge in [-0.2, -0.15) is 26.3 Å². The van der Waals surface area contributed by atoms with Crippen molar-refractivity contribution in [2.75, 3.05) is 0 Å². The van der Waals surface area contributed by atoms with Crippen LogP contribution >= 0.6 is 15.9 Å². The van der Waals surface area contributed by atoms with E-state index in [4.69, 9.17) is 0 Å². The van der Waals surface area contributed by atoms with Crippen LogP contribution in [0.4, 0.5) is 26.3 Å². The number of aldehydes is 1. The zero-order valence-electron chi connectivity index (χ0n) is 11.4. The summed E-state index contributed by atoms with van der Waals surface area (Å²) < 4.78 is 77.9. The highest BCUT2D eigenvalue weighted by molar-refractivity contribution is 9.12. The van der Waals surface area contributed by atoms with E-state index in [1.165, 1.54) is 0 Å². The lowest BCUT2D eigenvalue weighted by Gasteiger charge is -2.13. The molecule has 0 saturated heterocycles. The number of carbonyl (C=O) groups is 1. The molecule has 0 spiro atoms. The predicted octanol–water partition coefficient (Wildman–Crippen LogP) is 4.37. The minimum atomic E-state index is -4.96. The van der Waals surface area contributed by atoms with Gasteiger partial charge in [0.1, 0.15) is 6.33 Å². The fourth-order valence-corrected chi connectivity index (χ4v) is 1.92. The van der Waals surface area contributed by atoms with Crippen molar-refractivity contribution in [3.63, 3.8) is 0 Å². The molecule has 0 aliphatic carbocycles. The molecule has 0 N–H and O–H groups in total. The second-order valence-electron chi connectivity index (χ2n) is 4.47. The van der Waals surface area contributed by atoms with E-state index < -0.39 is 29.0 Å².